The first kappa shape index (κ1) is 18.0. The largest absolute Gasteiger partial charge is 0.495 e. The maximum absolute atomic E-state index is 12.6. The van der Waals surface area contributed by atoms with Gasteiger partial charge in [-0.15, -0.1) is 0 Å². The molecule has 2 heterocycles. The Bertz CT molecular complexity index is 577. The summed E-state index contributed by atoms with van der Waals surface area (Å²) in [5.74, 6) is 1.17. The Morgan fingerprint density at radius 1 is 1.20 bits per heavy atom. The van der Waals surface area contributed by atoms with Crippen molar-refractivity contribution in [1.29, 1.82) is 0 Å². The number of methoxy groups -OCH3 is 1. The summed E-state index contributed by atoms with van der Waals surface area (Å²) in [6.07, 6.45) is 0.259. The number of morpholine rings is 1. The Balaban J connectivity index is 1.51. The van der Waals surface area contributed by atoms with Crippen LogP contribution in [0.15, 0.2) is 24.3 Å². The molecule has 25 heavy (non-hydrogen) atoms. The fourth-order valence-electron chi connectivity index (χ4n) is 3.84. The van der Waals surface area contributed by atoms with E-state index < -0.39 is 0 Å². The molecule has 6 heteroatoms. The number of anilines is 1. The van der Waals surface area contributed by atoms with Crippen LogP contribution in [0.1, 0.15) is 13.8 Å². The molecule has 2 fully saturated rings. The van der Waals surface area contributed by atoms with Gasteiger partial charge in [-0.2, -0.15) is 0 Å². The Kier molecular flexibility index (Phi) is 5.81. The number of para-hydroxylation sites is 2. The monoisotopic (exact) mass is 348 g/mol. The highest BCUT2D eigenvalue weighted by molar-refractivity contribution is 5.77. The van der Waals surface area contributed by atoms with Gasteiger partial charge in [0, 0.05) is 13.1 Å². The van der Waals surface area contributed by atoms with Crippen LogP contribution in [0.4, 0.5) is 5.69 Å². The van der Waals surface area contributed by atoms with E-state index in [0.29, 0.717) is 19.6 Å². The van der Waals surface area contributed by atoms with Crippen molar-refractivity contribution in [3.8, 4) is 5.75 Å². The van der Waals surface area contributed by atoms with Gasteiger partial charge in [0.05, 0.1) is 51.2 Å². The summed E-state index contributed by atoms with van der Waals surface area (Å²) < 4.78 is 11.2. The third-order valence-corrected chi connectivity index (χ3v) is 5.07. The molecule has 0 radical (unpaired) electrons. The number of carbonyl (C=O) groups excluding carboxylic acids is 1. The quantitative estimate of drug-likeness (QED) is 0.834. The Morgan fingerprint density at radius 3 is 2.48 bits per heavy atom. The zero-order chi connectivity index (χ0) is 17.8. The lowest BCUT2D eigenvalue weighted by atomic mass is 10.2. The second-order valence-corrected chi connectivity index (χ2v) is 7.14. The van der Waals surface area contributed by atoms with Gasteiger partial charge >= 0.3 is 0 Å². The number of nitrogens with one attached hydrogen (secondary N) is 1. The predicted molar refractivity (Wildman–Crippen MR) is 97.4 cm³/mol. The number of amides is 1. The highest BCUT2D eigenvalue weighted by Gasteiger charge is 2.30. The van der Waals surface area contributed by atoms with Gasteiger partial charge in [-0.25, -0.2) is 0 Å². The van der Waals surface area contributed by atoms with E-state index in [-0.39, 0.29) is 18.1 Å². The average molecular weight is 348 g/mol. The standard InChI is InChI=1S/C19H29N3O3/c1-15-12-22(13-16(2)25-15)19(23)14-20-8-10-21(11-9-20)17-6-4-5-7-18(17)24-3/h4-7,15-16H,8-14H2,1-3H3/p+1/t15-,16-/m0/s1. The van der Waals surface area contributed by atoms with Crippen LogP contribution < -0.4 is 14.5 Å². The van der Waals surface area contributed by atoms with Crippen molar-refractivity contribution in [2.24, 2.45) is 0 Å². The molecular formula is C19H30N3O3+. The van der Waals surface area contributed by atoms with E-state index in [4.69, 9.17) is 9.47 Å². The molecule has 0 saturated carbocycles. The molecule has 0 aromatic heterocycles. The number of nitrogens with zero attached hydrogens (tertiary/aromatic N) is 2. The second-order valence-electron chi connectivity index (χ2n) is 7.14. The summed E-state index contributed by atoms with van der Waals surface area (Å²) in [6.45, 7) is 9.91. The summed E-state index contributed by atoms with van der Waals surface area (Å²) >= 11 is 0. The zero-order valence-electron chi connectivity index (χ0n) is 15.5. The molecule has 6 nitrogen and oxygen atoms in total. The van der Waals surface area contributed by atoms with E-state index in [2.05, 4.69) is 11.0 Å². The number of hydrogen-bond acceptors (Lipinski definition) is 4. The normalized spacial score (nSPS) is 25.1. The maximum Gasteiger partial charge on any atom is 0.277 e. The van der Waals surface area contributed by atoms with Gasteiger partial charge in [-0.05, 0) is 26.0 Å². The first-order chi connectivity index (χ1) is 12.1. The lowest BCUT2D eigenvalue weighted by Crippen LogP contribution is -3.16. The number of carbonyl (C=O) groups is 1. The molecule has 1 aromatic rings. The molecule has 1 aromatic carbocycles. The maximum atomic E-state index is 12.6. The van der Waals surface area contributed by atoms with Gasteiger partial charge in [0.2, 0.25) is 0 Å². The minimum atomic E-state index is 0.130. The number of benzene rings is 1. The summed E-state index contributed by atoms with van der Waals surface area (Å²) in [6, 6.07) is 8.14. The minimum absolute atomic E-state index is 0.130. The molecule has 1 amide bonds. The smallest absolute Gasteiger partial charge is 0.277 e. The molecule has 2 aliphatic heterocycles. The third-order valence-electron chi connectivity index (χ3n) is 5.07. The molecule has 0 bridgehead atoms. The molecular weight excluding hydrogens is 318 g/mol. The lowest BCUT2D eigenvalue weighted by Gasteiger charge is -2.37. The van der Waals surface area contributed by atoms with Gasteiger partial charge in [0.15, 0.2) is 6.54 Å². The van der Waals surface area contributed by atoms with Crippen molar-refractivity contribution in [3.05, 3.63) is 24.3 Å². The van der Waals surface area contributed by atoms with Gasteiger partial charge in [-0.1, -0.05) is 12.1 Å². The number of hydrogen-bond donors (Lipinski definition) is 1. The Morgan fingerprint density at radius 2 is 1.84 bits per heavy atom. The van der Waals surface area contributed by atoms with Crippen molar-refractivity contribution in [2.75, 3.05) is 57.8 Å². The van der Waals surface area contributed by atoms with Gasteiger partial charge < -0.3 is 24.2 Å². The topological polar surface area (TPSA) is 46.5 Å². The van der Waals surface area contributed by atoms with Crippen LogP contribution >= 0.6 is 0 Å². The van der Waals surface area contributed by atoms with Crippen LogP contribution in [0.5, 0.6) is 5.75 Å². The van der Waals surface area contributed by atoms with Crippen molar-refractivity contribution in [1.82, 2.24) is 4.90 Å². The van der Waals surface area contributed by atoms with Crippen molar-refractivity contribution in [2.45, 2.75) is 26.1 Å². The highest BCUT2D eigenvalue weighted by atomic mass is 16.5. The number of rotatable bonds is 4. The summed E-state index contributed by atoms with van der Waals surface area (Å²) in [7, 11) is 1.71. The molecule has 3 rings (SSSR count). The number of ether oxygens (including phenoxy) is 2. The highest BCUT2D eigenvalue weighted by Crippen LogP contribution is 2.27. The van der Waals surface area contributed by atoms with E-state index in [0.717, 1.165) is 37.6 Å². The molecule has 2 atom stereocenters. The first-order valence-corrected chi connectivity index (χ1v) is 9.21. The van der Waals surface area contributed by atoms with Crippen LogP contribution in [0, 0.1) is 0 Å². The summed E-state index contributed by atoms with van der Waals surface area (Å²) in [4.78, 5) is 18.3. The molecule has 1 N–H and O–H groups in total. The number of piperazine rings is 1. The SMILES string of the molecule is COc1ccccc1N1CC[NH+](CC(=O)N2C[C@H](C)O[C@@H](C)C2)CC1. The fraction of sp³-hybridized carbons (Fsp3) is 0.632. The fourth-order valence-corrected chi connectivity index (χ4v) is 3.84. The third kappa shape index (κ3) is 4.44. The average Bonchev–Trinajstić information content (AvgIpc) is 2.61. The van der Waals surface area contributed by atoms with Gasteiger partial charge in [0.25, 0.3) is 5.91 Å². The van der Waals surface area contributed by atoms with E-state index in [9.17, 15) is 4.79 Å². The molecule has 0 aliphatic carbocycles. The predicted octanol–water partition coefficient (Wildman–Crippen LogP) is 0.0359. The van der Waals surface area contributed by atoms with Crippen molar-refractivity contribution >= 4 is 11.6 Å². The van der Waals surface area contributed by atoms with Crippen LogP contribution in [0.2, 0.25) is 0 Å². The van der Waals surface area contributed by atoms with E-state index in [1.54, 1.807) is 7.11 Å². The molecule has 0 unspecified atom stereocenters. The van der Waals surface area contributed by atoms with Gasteiger partial charge in [-0.3, -0.25) is 4.79 Å². The van der Waals surface area contributed by atoms with Gasteiger partial charge in [0.1, 0.15) is 5.75 Å². The van der Waals surface area contributed by atoms with Crippen LogP contribution in [0.3, 0.4) is 0 Å². The Labute approximate surface area is 150 Å². The summed E-state index contributed by atoms with van der Waals surface area (Å²) in [5, 5.41) is 0. The minimum Gasteiger partial charge on any atom is -0.495 e. The first-order valence-electron chi connectivity index (χ1n) is 9.21. The second kappa shape index (κ2) is 8.06. The van der Waals surface area contributed by atoms with Crippen LogP contribution in [-0.4, -0.2) is 75.9 Å². The molecule has 2 saturated heterocycles. The number of quaternary nitrogens is 1. The molecule has 0 spiro atoms. The van der Waals surface area contributed by atoms with Crippen LogP contribution in [0.25, 0.3) is 0 Å². The molecule has 2 aliphatic rings. The van der Waals surface area contributed by atoms with E-state index in [1.807, 2.05) is 36.9 Å². The summed E-state index contributed by atoms with van der Waals surface area (Å²) in [5.41, 5.74) is 1.14. The molecule has 138 valence electrons. The zero-order valence-corrected chi connectivity index (χ0v) is 15.5. The van der Waals surface area contributed by atoms with E-state index in [1.165, 1.54) is 4.90 Å². The van der Waals surface area contributed by atoms with E-state index >= 15 is 0 Å². The van der Waals surface area contributed by atoms with Crippen molar-refractivity contribution < 1.29 is 19.2 Å². The Hall–Kier alpha value is -1.79. The van der Waals surface area contributed by atoms with Crippen molar-refractivity contribution in [3.63, 3.8) is 0 Å². The van der Waals surface area contributed by atoms with Crippen LogP contribution in [-0.2, 0) is 9.53 Å². The lowest BCUT2D eigenvalue weighted by molar-refractivity contribution is -0.892.